The summed E-state index contributed by atoms with van der Waals surface area (Å²) in [5.41, 5.74) is 1.47. The molecular formula is C17H19FN4O3. The molecule has 0 unspecified atom stereocenters. The number of halogens is 1. The highest BCUT2D eigenvalue weighted by Crippen LogP contribution is 2.38. The van der Waals surface area contributed by atoms with Crippen LogP contribution in [0.1, 0.15) is 19.6 Å². The van der Waals surface area contributed by atoms with Crippen molar-refractivity contribution in [2.75, 3.05) is 6.61 Å². The van der Waals surface area contributed by atoms with Gasteiger partial charge < -0.3 is 24.5 Å². The van der Waals surface area contributed by atoms with Crippen LogP contribution in [0.4, 0.5) is 4.39 Å². The van der Waals surface area contributed by atoms with Gasteiger partial charge in [0, 0.05) is 18.3 Å². The van der Waals surface area contributed by atoms with Gasteiger partial charge in [0.05, 0.1) is 23.8 Å². The maximum Gasteiger partial charge on any atom is 0.162 e. The zero-order valence-electron chi connectivity index (χ0n) is 13.6. The summed E-state index contributed by atoms with van der Waals surface area (Å²) < 4.78 is 22.0. The largest absolute Gasteiger partial charge is 0.394 e. The zero-order valence-corrected chi connectivity index (χ0v) is 13.6. The molecule has 1 aliphatic rings. The number of nitrogens with zero attached hydrogens (tertiary/aromatic N) is 3. The minimum absolute atomic E-state index is 0.198. The van der Waals surface area contributed by atoms with Crippen LogP contribution in [0.25, 0.3) is 22.4 Å². The first-order valence-corrected chi connectivity index (χ1v) is 8.24. The zero-order chi connectivity index (χ0) is 17.6. The Labute approximate surface area is 143 Å². The molecule has 1 saturated heterocycles. The number of H-pyrrole nitrogens is 1. The van der Waals surface area contributed by atoms with Gasteiger partial charge in [0.1, 0.15) is 23.8 Å². The third kappa shape index (κ3) is 2.45. The Morgan fingerprint density at radius 1 is 1.40 bits per heavy atom. The van der Waals surface area contributed by atoms with E-state index >= 15 is 0 Å². The molecule has 0 saturated carbocycles. The van der Waals surface area contributed by atoms with Gasteiger partial charge in [-0.05, 0) is 18.6 Å². The van der Waals surface area contributed by atoms with Gasteiger partial charge in [0.25, 0.3) is 0 Å². The van der Waals surface area contributed by atoms with E-state index in [4.69, 9.17) is 4.74 Å². The average molecular weight is 346 g/mol. The lowest BCUT2D eigenvalue weighted by molar-refractivity contribution is -0.0492. The van der Waals surface area contributed by atoms with Crippen molar-refractivity contribution < 1.29 is 19.3 Å². The van der Waals surface area contributed by atoms with Gasteiger partial charge in [0.2, 0.25) is 0 Å². The van der Waals surface area contributed by atoms with Crippen LogP contribution in [-0.2, 0) is 4.74 Å². The SMILES string of the molecule is CC[C@H]1[C@@H](O)[C@H](n2cc(F)c3c(-c4ccc[nH]4)ncnc32)O[C@@H]1CO. The highest BCUT2D eigenvalue weighted by Gasteiger charge is 2.44. The summed E-state index contributed by atoms with van der Waals surface area (Å²) in [6.07, 6.45) is 2.85. The van der Waals surface area contributed by atoms with E-state index in [1.165, 1.54) is 17.1 Å². The Bertz CT molecular complexity index is 880. The summed E-state index contributed by atoms with van der Waals surface area (Å²) in [5, 5.41) is 20.4. The second-order valence-electron chi connectivity index (χ2n) is 6.20. The first kappa shape index (κ1) is 16.2. The number of aliphatic hydroxyl groups excluding tert-OH is 2. The fourth-order valence-corrected chi connectivity index (χ4v) is 3.62. The minimum Gasteiger partial charge on any atom is -0.394 e. The number of aromatic amines is 1. The molecule has 0 amide bonds. The van der Waals surface area contributed by atoms with Crippen molar-refractivity contribution in [1.82, 2.24) is 19.5 Å². The van der Waals surface area contributed by atoms with Crippen LogP contribution in [0.2, 0.25) is 0 Å². The van der Waals surface area contributed by atoms with Crippen LogP contribution in [0.3, 0.4) is 0 Å². The van der Waals surface area contributed by atoms with E-state index in [2.05, 4.69) is 15.0 Å². The van der Waals surface area contributed by atoms with Gasteiger partial charge in [0.15, 0.2) is 12.0 Å². The molecule has 0 spiro atoms. The number of fused-ring (bicyclic) bond motifs is 1. The number of nitrogens with one attached hydrogen (secondary N) is 1. The Morgan fingerprint density at radius 3 is 2.88 bits per heavy atom. The van der Waals surface area contributed by atoms with E-state index in [0.29, 0.717) is 23.5 Å². The van der Waals surface area contributed by atoms with E-state index in [0.717, 1.165) is 0 Å². The topological polar surface area (TPSA) is 96.2 Å². The molecule has 0 bridgehead atoms. The number of aromatic nitrogens is 4. The summed E-state index contributed by atoms with van der Waals surface area (Å²) in [6, 6.07) is 3.61. The van der Waals surface area contributed by atoms with E-state index in [1.807, 2.05) is 6.92 Å². The lowest BCUT2D eigenvalue weighted by atomic mass is 9.95. The maximum atomic E-state index is 14.7. The quantitative estimate of drug-likeness (QED) is 0.670. The van der Waals surface area contributed by atoms with E-state index in [1.54, 1.807) is 18.3 Å². The molecule has 3 aromatic heterocycles. The standard InChI is InChI=1S/C17H19FN4O3/c1-2-9-12(7-23)25-17(15(9)24)22-6-10(18)13-14(11-4-3-5-19-11)20-8-21-16(13)22/h3-6,8-9,12,15,17,19,23-24H,2,7H2,1H3/t9-,12-,15-,17-/m1/s1. The van der Waals surface area contributed by atoms with Crippen LogP contribution in [-0.4, -0.2) is 48.5 Å². The maximum absolute atomic E-state index is 14.7. The molecule has 1 fully saturated rings. The van der Waals surface area contributed by atoms with Gasteiger partial charge in [-0.3, -0.25) is 0 Å². The van der Waals surface area contributed by atoms with Gasteiger partial charge in [-0.1, -0.05) is 6.92 Å². The number of hydrogen-bond donors (Lipinski definition) is 3. The van der Waals surface area contributed by atoms with Crippen LogP contribution < -0.4 is 0 Å². The van der Waals surface area contributed by atoms with Crippen LogP contribution in [0.5, 0.6) is 0 Å². The Hall–Kier alpha value is -2.29. The van der Waals surface area contributed by atoms with Crippen LogP contribution in [0.15, 0.2) is 30.9 Å². The lowest BCUT2D eigenvalue weighted by Crippen LogP contribution is -2.27. The molecule has 4 atom stereocenters. The summed E-state index contributed by atoms with van der Waals surface area (Å²) in [7, 11) is 0. The predicted molar refractivity (Wildman–Crippen MR) is 88.1 cm³/mol. The van der Waals surface area contributed by atoms with E-state index in [9.17, 15) is 14.6 Å². The summed E-state index contributed by atoms with van der Waals surface area (Å²) in [4.78, 5) is 11.4. The molecule has 3 aromatic rings. The van der Waals surface area contributed by atoms with E-state index in [-0.39, 0.29) is 17.9 Å². The lowest BCUT2D eigenvalue weighted by Gasteiger charge is -2.18. The number of ether oxygens (including phenoxy) is 1. The van der Waals surface area contributed by atoms with Gasteiger partial charge >= 0.3 is 0 Å². The third-order valence-electron chi connectivity index (χ3n) is 4.86. The molecule has 8 heteroatoms. The van der Waals surface area contributed by atoms with Crippen molar-refractivity contribution in [2.24, 2.45) is 5.92 Å². The summed E-state index contributed by atoms with van der Waals surface area (Å²) in [6.45, 7) is 1.72. The molecule has 0 aromatic carbocycles. The molecule has 132 valence electrons. The highest BCUT2D eigenvalue weighted by atomic mass is 19.1. The first-order chi connectivity index (χ1) is 12.2. The highest BCUT2D eigenvalue weighted by molar-refractivity contribution is 5.90. The minimum atomic E-state index is -0.860. The number of aliphatic hydroxyl groups is 2. The first-order valence-electron chi connectivity index (χ1n) is 8.24. The normalized spacial score (nSPS) is 26.6. The smallest absolute Gasteiger partial charge is 0.162 e. The predicted octanol–water partition coefficient (Wildman–Crippen LogP) is 1.84. The van der Waals surface area contributed by atoms with Gasteiger partial charge in [-0.25, -0.2) is 14.4 Å². The second-order valence-corrected chi connectivity index (χ2v) is 6.20. The van der Waals surface area contributed by atoms with Crippen molar-refractivity contribution in [3.63, 3.8) is 0 Å². The van der Waals surface area contributed by atoms with Crippen molar-refractivity contribution in [2.45, 2.75) is 31.8 Å². The molecule has 0 radical (unpaired) electrons. The molecule has 4 heterocycles. The Balaban J connectivity index is 1.83. The van der Waals surface area contributed by atoms with Crippen molar-refractivity contribution in [3.05, 3.63) is 36.7 Å². The fourth-order valence-electron chi connectivity index (χ4n) is 3.62. The second kappa shape index (κ2) is 6.21. The summed E-state index contributed by atoms with van der Waals surface area (Å²) in [5.74, 6) is -0.711. The molecule has 3 N–H and O–H groups in total. The van der Waals surface area contributed by atoms with E-state index < -0.39 is 24.3 Å². The van der Waals surface area contributed by atoms with Crippen LogP contribution in [0, 0.1) is 11.7 Å². The van der Waals surface area contributed by atoms with Crippen molar-refractivity contribution in [3.8, 4) is 11.4 Å². The Morgan fingerprint density at radius 2 is 2.24 bits per heavy atom. The van der Waals surface area contributed by atoms with Gasteiger partial charge in [-0.15, -0.1) is 0 Å². The number of hydrogen-bond acceptors (Lipinski definition) is 5. The summed E-state index contributed by atoms with van der Waals surface area (Å²) >= 11 is 0. The molecule has 25 heavy (non-hydrogen) atoms. The molecule has 4 rings (SSSR count). The Kier molecular flexibility index (Phi) is 4.03. The average Bonchev–Trinajstić information content (AvgIpc) is 3.33. The van der Waals surface area contributed by atoms with Gasteiger partial charge in [-0.2, -0.15) is 0 Å². The van der Waals surface area contributed by atoms with Crippen LogP contribution >= 0.6 is 0 Å². The molecular weight excluding hydrogens is 327 g/mol. The monoisotopic (exact) mass is 346 g/mol. The van der Waals surface area contributed by atoms with Crippen molar-refractivity contribution in [1.29, 1.82) is 0 Å². The third-order valence-corrected chi connectivity index (χ3v) is 4.86. The molecule has 7 nitrogen and oxygen atoms in total. The van der Waals surface area contributed by atoms with Crippen molar-refractivity contribution >= 4 is 11.0 Å². The molecule has 0 aliphatic carbocycles. The number of rotatable bonds is 4. The fraction of sp³-hybridized carbons (Fsp3) is 0.412. The molecule has 1 aliphatic heterocycles.